The van der Waals surface area contributed by atoms with Crippen molar-refractivity contribution < 1.29 is 9.53 Å². The SMILES string of the molecule is COc1ccc(N(c2ccc(C=O)cc2)c2cccc3c2CCCC3)cc1. The predicted molar refractivity (Wildman–Crippen MR) is 110 cm³/mol. The van der Waals surface area contributed by atoms with E-state index in [0.717, 1.165) is 36.3 Å². The zero-order valence-corrected chi connectivity index (χ0v) is 15.5. The van der Waals surface area contributed by atoms with Gasteiger partial charge in [-0.3, -0.25) is 4.79 Å². The molecule has 0 saturated heterocycles. The van der Waals surface area contributed by atoms with Crippen molar-refractivity contribution in [1.29, 1.82) is 0 Å². The number of anilines is 3. The third kappa shape index (κ3) is 3.45. The number of rotatable bonds is 5. The summed E-state index contributed by atoms with van der Waals surface area (Å²) in [6.45, 7) is 0. The summed E-state index contributed by atoms with van der Waals surface area (Å²) in [5.41, 5.74) is 6.90. The van der Waals surface area contributed by atoms with Gasteiger partial charge >= 0.3 is 0 Å². The summed E-state index contributed by atoms with van der Waals surface area (Å²) in [4.78, 5) is 13.3. The van der Waals surface area contributed by atoms with Crippen molar-refractivity contribution in [2.45, 2.75) is 25.7 Å². The number of aldehydes is 1. The third-order valence-corrected chi connectivity index (χ3v) is 5.23. The molecule has 4 rings (SSSR count). The maximum Gasteiger partial charge on any atom is 0.150 e. The summed E-state index contributed by atoms with van der Waals surface area (Å²) in [5, 5.41) is 0. The number of methoxy groups -OCH3 is 1. The first-order chi connectivity index (χ1) is 13.3. The Bertz CT molecular complexity index is 930. The van der Waals surface area contributed by atoms with E-state index in [9.17, 15) is 4.79 Å². The molecule has 0 aliphatic heterocycles. The van der Waals surface area contributed by atoms with E-state index >= 15 is 0 Å². The molecular weight excluding hydrogens is 334 g/mol. The number of aryl methyl sites for hydroxylation is 1. The molecule has 0 bridgehead atoms. The van der Waals surface area contributed by atoms with Gasteiger partial charge in [0.2, 0.25) is 0 Å². The van der Waals surface area contributed by atoms with Crippen molar-refractivity contribution in [2.24, 2.45) is 0 Å². The summed E-state index contributed by atoms with van der Waals surface area (Å²) in [6.07, 6.45) is 5.61. The lowest BCUT2D eigenvalue weighted by Gasteiger charge is -2.30. The van der Waals surface area contributed by atoms with Crippen LogP contribution in [0, 0.1) is 0 Å². The summed E-state index contributed by atoms with van der Waals surface area (Å²) < 4.78 is 5.32. The Morgan fingerprint density at radius 1 is 0.852 bits per heavy atom. The van der Waals surface area contributed by atoms with Crippen LogP contribution in [-0.4, -0.2) is 13.4 Å². The van der Waals surface area contributed by atoms with Crippen LogP contribution < -0.4 is 9.64 Å². The van der Waals surface area contributed by atoms with Gasteiger partial charge in [-0.15, -0.1) is 0 Å². The zero-order valence-electron chi connectivity index (χ0n) is 15.5. The first kappa shape index (κ1) is 17.3. The minimum absolute atomic E-state index is 0.684. The van der Waals surface area contributed by atoms with Crippen LogP contribution >= 0.6 is 0 Å². The van der Waals surface area contributed by atoms with Gasteiger partial charge in [0.1, 0.15) is 12.0 Å². The van der Waals surface area contributed by atoms with E-state index in [0.29, 0.717) is 5.56 Å². The van der Waals surface area contributed by atoms with E-state index in [4.69, 9.17) is 4.74 Å². The standard InChI is InChI=1S/C24H23NO2/c1-27-22-15-13-21(14-16-22)25(20-11-9-18(17-26)10-12-20)24-8-4-6-19-5-2-3-7-23(19)24/h4,6,8-17H,2-3,5,7H2,1H3. The van der Waals surface area contributed by atoms with Gasteiger partial charge in [0.15, 0.2) is 0 Å². The van der Waals surface area contributed by atoms with E-state index in [2.05, 4.69) is 35.2 Å². The molecule has 0 unspecified atom stereocenters. The molecule has 0 N–H and O–H groups in total. The maximum absolute atomic E-state index is 11.1. The molecular formula is C24H23NO2. The molecule has 0 atom stereocenters. The Morgan fingerprint density at radius 2 is 1.52 bits per heavy atom. The molecule has 0 spiro atoms. The molecule has 0 heterocycles. The predicted octanol–water partition coefficient (Wildman–Crippen LogP) is 5.86. The van der Waals surface area contributed by atoms with Crippen molar-refractivity contribution >= 4 is 23.3 Å². The van der Waals surface area contributed by atoms with Crippen molar-refractivity contribution in [2.75, 3.05) is 12.0 Å². The Labute approximate surface area is 160 Å². The molecule has 27 heavy (non-hydrogen) atoms. The van der Waals surface area contributed by atoms with Crippen molar-refractivity contribution in [3.8, 4) is 5.75 Å². The Hall–Kier alpha value is -3.07. The highest BCUT2D eigenvalue weighted by atomic mass is 16.5. The van der Waals surface area contributed by atoms with Crippen LogP contribution in [-0.2, 0) is 12.8 Å². The molecule has 0 fully saturated rings. The fourth-order valence-corrected chi connectivity index (χ4v) is 3.83. The van der Waals surface area contributed by atoms with Crippen LogP contribution in [0.4, 0.5) is 17.1 Å². The molecule has 0 amide bonds. The highest BCUT2D eigenvalue weighted by molar-refractivity contribution is 5.82. The fourth-order valence-electron chi connectivity index (χ4n) is 3.83. The van der Waals surface area contributed by atoms with Crippen LogP contribution in [0.5, 0.6) is 5.75 Å². The van der Waals surface area contributed by atoms with Gasteiger partial charge in [-0.1, -0.05) is 12.1 Å². The number of hydrogen-bond donors (Lipinski definition) is 0. The van der Waals surface area contributed by atoms with Crippen LogP contribution in [0.25, 0.3) is 0 Å². The monoisotopic (exact) mass is 357 g/mol. The molecule has 3 nitrogen and oxygen atoms in total. The number of hydrogen-bond acceptors (Lipinski definition) is 3. The van der Waals surface area contributed by atoms with E-state index in [1.807, 2.05) is 36.4 Å². The normalized spacial score (nSPS) is 12.9. The van der Waals surface area contributed by atoms with Gasteiger partial charge in [-0.05, 0) is 91.4 Å². The molecule has 1 aliphatic carbocycles. The Balaban J connectivity index is 1.86. The topological polar surface area (TPSA) is 29.5 Å². The highest BCUT2D eigenvalue weighted by Gasteiger charge is 2.20. The molecule has 1 aliphatic rings. The van der Waals surface area contributed by atoms with Gasteiger partial charge < -0.3 is 9.64 Å². The molecule has 136 valence electrons. The smallest absolute Gasteiger partial charge is 0.150 e. The summed E-state index contributed by atoms with van der Waals surface area (Å²) in [5.74, 6) is 0.838. The number of fused-ring (bicyclic) bond motifs is 1. The fraction of sp³-hybridized carbons (Fsp3) is 0.208. The number of nitrogens with zero attached hydrogens (tertiary/aromatic N) is 1. The average molecular weight is 357 g/mol. The first-order valence-electron chi connectivity index (χ1n) is 9.40. The van der Waals surface area contributed by atoms with Crippen LogP contribution in [0.3, 0.4) is 0 Å². The van der Waals surface area contributed by atoms with Gasteiger partial charge in [0.05, 0.1) is 7.11 Å². The molecule has 0 saturated carbocycles. The molecule has 0 radical (unpaired) electrons. The minimum Gasteiger partial charge on any atom is -0.497 e. The third-order valence-electron chi connectivity index (χ3n) is 5.23. The Morgan fingerprint density at radius 3 is 2.19 bits per heavy atom. The molecule has 0 aromatic heterocycles. The van der Waals surface area contributed by atoms with Crippen molar-refractivity contribution in [1.82, 2.24) is 0 Å². The number of carbonyl (C=O) groups excluding carboxylic acids is 1. The van der Waals surface area contributed by atoms with E-state index in [-0.39, 0.29) is 0 Å². The van der Waals surface area contributed by atoms with Crippen molar-refractivity contribution in [3.05, 3.63) is 83.4 Å². The maximum atomic E-state index is 11.1. The van der Waals surface area contributed by atoms with Gasteiger partial charge in [0.25, 0.3) is 0 Å². The average Bonchev–Trinajstić information content (AvgIpc) is 2.75. The zero-order chi connectivity index (χ0) is 18.6. The molecule has 3 heteroatoms. The Kier molecular flexibility index (Phi) is 4.93. The van der Waals surface area contributed by atoms with E-state index < -0.39 is 0 Å². The van der Waals surface area contributed by atoms with Gasteiger partial charge in [-0.25, -0.2) is 0 Å². The highest BCUT2D eigenvalue weighted by Crippen LogP contribution is 2.40. The lowest BCUT2D eigenvalue weighted by atomic mass is 9.90. The van der Waals surface area contributed by atoms with Crippen LogP contribution in [0.1, 0.15) is 34.3 Å². The number of ether oxygens (including phenoxy) is 1. The second-order valence-electron chi connectivity index (χ2n) is 6.86. The largest absolute Gasteiger partial charge is 0.497 e. The number of carbonyl (C=O) groups is 1. The second kappa shape index (κ2) is 7.67. The van der Waals surface area contributed by atoms with Gasteiger partial charge in [0, 0.05) is 22.6 Å². The lowest BCUT2D eigenvalue weighted by Crippen LogP contribution is -2.15. The van der Waals surface area contributed by atoms with Crippen LogP contribution in [0.15, 0.2) is 66.7 Å². The molecule has 3 aromatic carbocycles. The summed E-state index contributed by atoms with van der Waals surface area (Å²) in [7, 11) is 1.68. The summed E-state index contributed by atoms with van der Waals surface area (Å²) in [6, 6.07) is 22.5. The number of benzene rings is 3. The lowest BCUT2D eigenvalue weighted by molar-refractivity contribution is 0.112. The van der Waals surface area contributed by atoms with Gasteiger partial charge in [-0.2, -0.15) is 0 Å². The van der Waals surface area contributed by atoms with Crippen molar-refractivity contribution in [3.63, 3.8) is 0 Å². The van der Waals surface area contributed by atoms with E-state index in [1.54, 1.807) is 7.11 Å². The summed E-state index contributed by atoms with van der Waals surface area (Å²) >= 11 is 0. The first-order valence-corrected chi connectivity index (χ1v) is 9.40. The van der Waals surface area contributed by atoms with Crippen LogP contribution in [0.2, 0.25) is 0 Å². The molecule has 3 aromatic rings. The minimum atomic E-state index is 0.684. The second-order valence-corrected chi connectivity index (χ2v) is 6.86. The quantitative estimate of drug-likeness (QED) is 0.536. The van der Waals surface area contributed by atoms with E-state index in [1.165, 1.54) is 29.7 Å².